The third kappa shape index (κ3) is 2.36. The van der Waals surface area contributed by atoms with E-state index in [9.17, 15) is 0 Å². The Morgan fingerprint density at radius 2 is 1.94 bits per heavy atom. The number of benzene rings is 1. The summed E-state index contributed by atoms with van der Waals surface area (Å²) in [7, 11) is 0. The van der Waals surface area contributed by atoms with Gasteiger partial charge in [-0.05, 0) is 36.4 Å². The molecule has 1 aliphatic rings. The van der Waals surface area contributed by atoms with Crippen LogP contribution in [0.5, 0.6) is 0 Å². The fourth-order valence-electron chi connectivity index (χ4n) is 2.18. The Balaban J connectivity index is 1.71. The number of hydrogen-bond donors (Lipinski definition) is 1. The number of nitrogens with zero attached hydrogens (tertiary/aromatic N) is 3. The fourth-order valence-corrected chi connectivity index (χ4v) is 3.37. The summed E-state index contributed by atoms with van der Waals surface area (Å²) in [6.45, 7) is 2.29. The molecule has 94 valence electrons. The Kier molecular flexibility index (Phi) is 3.23. The maximum Gasteiger partial charge on any atom is 0.0858 e. The van der Waals surface area contributed by atoms with Crippen molar-refractivity contribution < 1.29 is 0 Å². The number of hydrogen-bond acceptors (Lipinski definition) is 4. The molecule has 2 aromatic rings. The molecule has 0 bridgehead atoms. The van der Waals surface area contributed by atoms with Crippen LogP contribution in [0.15, 0.2) is 36.7 Å². The average molecular weight is 260 g/mol. The summed E-state index contributed by atoms with van der Waals surface area (Å²) in [4.78, 5) is 1.62. The highest BCUT2D eigenvalue weighted by molar-refractivity contribution is 8.00. The van der Waals surface area contributed by atoms with Gasteiger partial charge in [-0.25, -0.2) is 0 Å². The lowest BCUT2D eigenvalue weighted by atomic mass is 10.1. The Morgan fingerprint density at radius 1 is 1.22 bits per heavy atom. The Morgan fingerprint density at radius 3 is 2.56 bits per heavy atom. The first kappa shape index (κ1) is 11.6. The lowest BCUT2D eigenvalue weighted by molar-refractivity contribution is 0.723. The molecule has 0 amide bonds. The zero-order valence-electron chi connectivity index (χ0n) is 10.3. The summed E-state index contributed by atoms with van der Waals surface area (Å²) in [5.41, 5.74) is 2.16. The first-order valence-electron chi connectivity index (χ1n) is 6.18. The van der Waals surface area contributed by atoms with E-state index < -0.39 is 0 Å². The van der Waals surface area contributed by atoms with Crippen LogP contribution in [-0.2, 0) is 0 Å². The minimum Gasteiger partial charge on any atom is -0.381 e. The van der Waals surface area contributed by atoms with Crippen LogP contribution in [0.4, 0.5) is 5.69 Å². The first-order valence-corrected chi connectivity index (χ1v) is 7.23. The van der Waals surface area contributed by atoms with Gasteiger partial charge < -0.3 is 5.32 Å². The largest absolute Gasteiger partial charge is 0.381 e. The third-order valence-corrected chi connectivity index (χ3v) is 4.57. The number of aromatic nitrogens is 3. The van der Waals surface area contributed by atoms with Crippen molar-refractivity contribution in [2.75, 3.05) is 11.1 Å². The van der Waals surface area contributed by atoms with Crippen LogP contribution in [-0.4, -0.2) is 32.0 Å². The van der Waals surface area contributed by atoms with Gasteiger partial charge in [-0.15, -0.1) is 0 Å². The predicted molar refractivity (Wildman–Crippen MR) is 75.3 cm³/mol. The molecule has 1 N–H and O–H groups in total. The van der Waals surface area contributed by atoms with E-state index in [1.807, 2.05) is 23.9 Å². The maximum atomic E-state index is 4.11. The van der Waals surface area contributed by atoms with Crippen LogP contribution < -0.4 is 5.32 Å². The van der Waals surface area contributed by atoms with E-state index in [-0.39, 0.29) is 0 Å². The standard InChI is InChI=1S/C13H16N4S/c1-10-13(6-9-18-10)16-11-2-4-12(5-3-11)17-14-7-8-15-17/h2-5,7-8,10,13,16H,6,9H2,1H3. The van der Waals surface area contributed by atoms with Crippen molar-refractivity contribution >= 4 is 17.4 Å². The SMILES string of the molecule is CC1SCCC1Nc1ccc(-n2nccn2)cc1. The monoisotopic (exact) mass is 260 g/mol. The van der Waals surface area contributed by atoms with Gasteiger partial charge in [-0.1, -0.05) is 6.92 Å². The smallest absolute Gasteiger partial charge is 0.0858 e. The zero-order chi connectivity index (χ0) is 12.4. The first-order chi connectivity index (χ1) is 8.83. The number of rotatable bonds is 3. The van der Waals surface area contributed by atoms with Crippen LogP contribution in [0.3, 0.4) is 0 Å². The summed E-state index contributed by atoms with van der Waals surface area (Å²) in [5, 5.41) is 12.5. The molecule has 3 rings (SSSR count). The van der Waals surface area contributed by atoms with Crippen LogP contribution in [0.1, 0.15) is 13.3 Å². The van der Waals surface area contributed by atoms with Gasteiger partial charge in [0.2, 0.25) is 0 Å². The highest BCUT2D eigenvalue weighted by atomic mass is 32.2. The van der Waals surface area contributed by atoms with E-state index in [0.717, 1.165) is 5.69 Å². The van der Waals surface area contributed by atoms with E-state index in [1.54, 1.807) is 17.2 Å². The molecule has 0 saturated carbocycles. The number of anilines is 1. The predicted octanol–water partition coefficient (Wildman–Crippen LogP) is 2.57. The molecule has 2 heterocycles. The molecule has 1 saturated heterocycles. The van der Waals surface area contributed by atoms with Gasteiger partial charge in [0.05, 0.1) is 18.1 Å². The lowest BCUT2D eigenvalue weighted by Gasteiger charge is -2.17. The molecule has 1 fully saturated rings. The van der Waals surface area contributed by atoms with Crippen molar-refractivity contribution in [3.8, 4) is 5.69 Å². The molecular weight excluding hydrogens is 244 g/mol. The third-order valence-electron chi connectivity index (χ3n) is 3.25. The normalized spacial score (nSPS) is 23.2. The van der Waals surface area contributed by atoms with Crippen molar-refractivity contribution in [1.82, 2.24) is 15.0 Å². The molecule has 4 nitrogen and oxygen atoms in total. The molecule has 1 aromatic heterocycles. The highest BCUT2D eigenvalue weighted by Crippen LogP contribution is 2.28. The van der Waals surface area contributed by atoms with Gasteiger partial charge >= 0.3 is 0 Å². The Hall–Kier alpha value is -1.49. The number of thioether (sulfide) groups is 1. The van der Waals surface area contributed by atoms with Crippen molar-refractivity contribution in [3.05, 3.63) is 36.7 Å². The molecule has 18 heavy (non-hydrogen) atoms. The summed E-state index contributed by atoms with van der Waals surface area (Å²) in [5.74, 6) is 1.26. The quantitative estimate of drug-likeness (QED) is 0.921. The fraction of sp³-hybridized carbons (Fsp3) is 0.385. The van der Waals surface area contributed by atoms with Gasteiger partial charge in [0.1, 0.15) is 0 Å². The molecule has 1 aliphatic heterocycles. The van der Waals surface area contributed by atoms with E-state index in [2.05, 4.69) is 34.6 Å². The maximum absolute atomic E-state index is 4.11. The topological polar surface area (TPSA) is 42.7 Å². The summed E-state index contributed by atoms with van der Waals surface area (Å²) in [6.07, 6.45) is 4.61. The summed E-state index contributed by atoms with van der Waals surface area (Å²) >= 11 is 2.04. The van der Waals surface area contributed by atoms with Crippen LogP contribution in [0.2, 0.25) is 0 Å². The molecule has 0 aliphatic carbocycles. The van der Waals surface area contributed by atoms with Crippen LogP contribution in [0.25, 0.3) is 5.69 Å². The molecule has 5 heteroatoms. The zero-order valence-corrected chi connectivity index (χ0v) is 11.1. The van der Waals surface area contributed by atoms with E-state index in [0.29, 0.717) is 11.3 Å². The molecule has 1 aromatic carbocycles. The Bertz CT molecular complexity index is 494. The minimum atomic E-state index is 0.587. The van der Waals surface area contributed by atoms with Gasteiger partial charge in [-0.2, -0.15) is 26.8 Å². The van der Waals surface area contributed by atoms with Crippen molar-refractivity contribution in [2.24, 2.45) is 0 Å². The van der Waals surface area contributed by atoms with Gasteiger partial charge in [-0.3, -0.25) is 0 Å². The molecule has 0 spiro atoms. The average Bonchev–Trinajstić information content (AvgIpc) is 3.03. The minimum absolute atomic E-state index is 0.587. The molecular formula is C13H16N4S. The molecule has 2 unspecified atom stereocenters. The van der Waals surface area contributed by atoms with E-state index in [1.165, 1.54) is 17.9 Å². The van der Waals surface area contributed by atoms with Gasteiger partial charge in [0.25, 0.3) is 0 Å². The van der Waals surface area contributed by atoms with Crippen LogP contribution >= 0.6 is 11.8 Å². The summed E-state index contributed by atoms with van der Waals surface area (Å²) in [6, 6.07) is 8.84. The summed E-state index contributed by atoms with van der Waals surface area (Å²) < 4.78 is 0. The van der Waals surface area contributed by atoms with Crippen LogP contribution in [0, 0.1) is 0 Å². The molecule has 0 radical (unpaired) electrons. The Labute approximate surface area is 111 Å². The van der Waals surface area contributed by atoms with E-state index >= 15 is 0 Å². The molecule has 2 atom stereocenters. The van der Waals surface area contributed by atoms with Crippen molar-refractivity contribution in [1.29, 1.82) is 0 Å². The van der Waals surface area contributed by atoms with Crippen molar-refractivity contribution in [3.63, 3.8) is 0 Å². The second-order valence-corrected chi connectivity index (χ2v) is 5.97. The van der Waals surface area contributed by atoms with Gasteiger partial charge in [0.15, 0.2) is 0 Å². The van der Waals surface area contributed by atoms with Gasteiger partial charge in [0, 0.05) is 17.0 Å². The van der Waals surface area contributed by atoms with E-state index in [4.69, 9.17) is 0 Å². The lowest BCUT2D eigenvalue weighted by Crippen LogP contribution is -2.24. The second kappa shape index (κ2) is 5.02. The van der Waals surface area contributed by atoms with Crippen molar-refractivity contribution in [2.45, 2.75) is 24.6 Å². The number of nitrogens with one attached hydrogen (secondary N) is 1. The highest BCUT2D eigenvalue weighted by Gasteiger charge is 2.23. The second-order valence-electron chi connectivity index (χ2n) is 4.48.